The minimum absolute atomic E-state index is 0.0352. The number of amides is 2. The first-order valence-electron chi connectivity index (χ1n) is 8.80. The molecule has 1 heterocycles. The van der Waals surface area contributed by atoms with Gasteiger partial charge in [-0.2, -0.15) is 13.2 Å². The molecule has 1 fully saturated rings. The molecular formula is C18H24F3N3O3. The average molecular weight is 387 g/mol. The summed E-state index contributed by atoms with van der Waals surface area (Å²) in [5.41, 5.74) is 0.0287. The Morgan fingerprint density at radius 2 is 1.96 bits per heavy atom. The molecule has 1 saturated heterocycles. The summed E-state index contributed by atoms with van der Waals surface area (Å²) in [5.74, 6) is -0.380. The van der Waals surface area contributed by atoms with Gasteiger partial charge in [0, 0.05) is 32.7 Å². The lowest BCUT2D eigenvalue weighted by Gasteiger charge is -2.32. The number of piperidine rings is 1. The number of nitrogens with zero attached hydrogens (tertiary/aromatic N) is 1. The fraction of sp³-hybridized carbons (Fsp3) is 0.556. The van der Waals surface area contributed by atoms with E-state index in [4.69, 9.17) is 4.74 Å². The molecule has 1 aromatic carbocycles. The number of alkyl halides is 3. The second kappa shape index (κ2) is 9.59. The van der Waals surface area contributed by atoms with Crippen molar-refractivity contribution in [2.45, 2.75) is 31.5 Å². The smallest absolute Gasteiger partial charge is 0.416 e. The van der Waals surface area contributed by atoms with E-state index >= 15 is 0 Å². The lowest BCUT2D eigenvalue weighted by Crippen LogP contribution is -2.45. The third kappa shape index (κ3) is 7.09. The van der Waals surface area contributed by atoms with E-state index in [9.17, 15) is 22.8 Å². The topological polar surface area (TPSA) is 70.7 Å². The Kier molecular flexibility index (Phi) is 7.46. The van der Waals surface area contributed by atoms with E-state index in [2.05, 4.69) is 15.5 Å². The standard InChI is InChI=1S/C18H24F3N3O3/c1-22-16(25)12-27-17(26)23-15-6-9-24(10-7-15)8-5-13-3-2-4-14(11-13)18(19,20)21/h2-4,11,15H,5-10,12H2,1H3,(H,22,25)(H,23,26). The minimum Gasteiger partial charge on any atom is -0.439 e. The Labute approximate surface area is 156 Å². The maximum absolute atomic E-state index is 12.8. The molecule has 0 aromatic heterocycles. The molecule has 0 radical (unpaired) electrons. The minimum atomic E-state index is -4.33. The van der Waals surface area contributed by atoms with Gasteiger partial charge in [-0.3, -0.25) is 4.79 Å². The van der Waals surface area contributed by atoms with Crippen LogP contribution in [0, 0.1) is 0 Å². The van der Waals surface area contributed by atoms with Crippen molar-refractivity contribution in [1.82, 2.24) is 15.5 Å². The van der Waals surface area contributed by atoms with Crippen molar-refractivity contribution < 1.29 is 27.5 Å². The monoisotopic (exact) mass is 387 g/mol. The van der Waals surface area contributed by atoms with Crippen LogP contribution >= 0.6 is 0 Å². The van der Waals surface area contributed by atoms with Gasteiger partial charge >= 0.3 is 12.3 Å². The molecule has 0 saturated carbocycles. The number of benzene rings is 1. The highest BCUT2D eigenvalue weighted by Crippen LogP contribution is 2.29. The molecule has 0 atom stereocenters. The Hall–Kier alpha value is -2.29. The number of likely N-dealkylation sites (tertiary alicyclic amines) is 1. The number of ether oxygens (including phenoxy) is 1. The number of nitrogens with one attached hydrogen (secondary N) is 2. The third-order valence-corrected chi connectivity index (χ3v) is 4.49. The van der Waals surface area contributed by atoms with Crippen LogP contribution in [0.1, 0.15) is 24.0 Å². The largest absolute Gasteiger partial charge is 0.439 e. The van der Waals surface area contributed by atoms with Crippen molar-refractivity contribution in [1.29, 1.82) is 0 Å². The molecule has 6 nitrogen and oxygen atoms in total. The average Bonchev–Trinajstić information content (AvgIpc) is 2.65. The Bertz CT molecular complexity index is 644. The van der Waals surface area contributed by atoms with E-state index in [-0.39, 0.29) is 18.6 Å². The highest BCUT2D eigenvalue weighted by atomic mass is 19.4. The SMILES string of the molecule is CNC(=O)COC(=O)NC1CCN(CCc2cccc(C(F)(F)F)c2)CC1. The Morgan fingerprint density at radius 3 is 2.59 bits per heavy atom. The van der Waals surface area contributed by atoms with Crippen LogP contribution in [0.5, 0.6) is 0 Å². The molecule has 27 heavy (non-hydrogen) atoms. The molecule has 0 unspecified atom stereocenters. The number of rotatable bonds is 6. The fourth-order valence-electron chi connectivity index (χ4n) is 2.90. The third-order valence-electron chi connectivity index (χ3n) is 4.49. The molecule has 1 aliphatic rings. The van der Waals surface area contributed by atoms with Gasteiger partial charge in [-0.05, 0) is 30.9 Å². The summed E-state index contributed by atoms with van der Waals surface area (Å²) in [6.45, 7) is 1.81. The number of hydrogen-bond donors (Lipinski definition) is 2. The zero-order chi connectivity index (χ0) is 19.9. The van der Waals surface area contributed by atoms with E-state index < -0.39 is 17.8 Å². The number of likely N-dealkylation sites (N-methyl/N-ethyl adjacent to an activating group) is 1. The van der Waals surface area contributed by atoms with Gasteiger partial charge in [0.1, 0.15) is 0 Å². The second-order valence-electron chi connectivity index (χ2n) is 6.46. The first-order valence-corrected chi connectivity index (χ1v) is 8.80. The van der Waals surface area contributed by atoms with Gasteiger partial charge in [-0.25, -0.2) is 4.79 Å². The van der Waals surface area contributed by atoms with Gasteiger partial charge in [0.15, 0.2) is 6.61 Å². The first-order chi connectivity index (χ1) is 12.8. The highest BCUT2D eigenvalue weighted by Gasteiger charge is 2.30. The summed E-state index contributed by atoms with van der Waals surface area (Å²) in [5, 5.41) is 5.08. The van der Waals surface area contributed by atoms with Crippen molar-refractivity contribution >= 4 is 12.0 Å². The summed E-state index contributed by atoms with van der Waals surface area (Å²) in [4.78, 5) is 24.8. The molecule has 150 valence electrons. The zero-order valence-corrected chi connectivity index (χ0v) is 15.1. The molecule has 2 rings (SSSR count). The zero-order valence-electron chi connectivity index (χ0n) is 15.1. The molecule has 0 spiro atoms. The molecule has 2 amide bonds. The van der Waals surface area contributed by atoms with Gasteiger partial charge < -0.3 is 20.3 Å². The van der Waals surface area contributed by atoms with Gasteiger partial charge in [0.2, 0.25) is 0 Å². The molecule has 1 aliphatic heterocycles. The van der Waals surface area contributed by atoms with Crippen LogP contribution in [0.2, 0.25) is 0 Å². The van der Waals surface area contributed by atoms with Crippen molar-refractivity contribution in [2.24, 2.45) is 0 Å². The van der Waals surface area contributed by atoms with Crippen LogP contribution in [0.25, 0.3) is 0 Å². The van der Waals surface area contributed by atoms with Crippen LogP contribution in [-0.2, 0) is 22.1 Å². The summed E-state index contributed by atoms with van der Waals surface area (Å²) in [6, 6.07) is 5.36. The Balaban J connectivity index is 1.70. The van der Waals surface area contributed by atoms with Gasteiger partial charge in [-0.15, -0.1) is 0 Å². The molecule has 0 bridgehead atoms. The summed E-state index contributed by atoms with van der Waals surface area (Å²) >= 11 is 0. The van der Waals surface area contributed by atoms with Crippen molar-refractivity contribution in [3.63, 3.8) is 0 Å². The predicted molar refractivity (Wildman–Crippen MR) is 93.2 cm³/mol. The maximum atomic E-state index is 12.8. The second-order valence-corrected chi connectivity index (χ2v) is 6.46. The van der Waals surface area contributed by atoms with Crippen LogP contribution in [0.15, 0.2) is 24.3 Å². The normalized spacial score (nSPS) is 16.0. The van der Waals surface area contributed by atoms with Crippen molar-refractivity contribution in [3.8, 4) is 0 Å². The molecule has 0 aliphatic carbocycles. The summed E-state index contributed by atoms with van der Waals surface area (Å²) in [7, 11) is 1.46. The van der Waals surface area contributed by atoms with Gasteiger partial charge in [-0.1, -0.05) is 18.2 Å². The molecule has 2 N–H and O–H groups in total. The number of hydrogen-bond acceptors (Lipinski definition) is 4. The van der Waals surface area contributed by atoms with Crippen LogP contribution in [0.4, 0.5) is 18.0 Å². The van der Waals surface area contributed by atoms with E-state index in [1.807, 2.05) is 0 Å². The van der Waals surface area contributed by atoms with Crippen LogP contribution < -0.4 is 10.6 Å². The Morgan fingerprint density at radius 1 is 1.26 bits per heavy atom. The summed E-state index contributed by atoms with van der Waals surface area (Å²) in [6.07, 6.45) is -2.97. The van der Waals surface area contributed by atoms with Crippen LogP contribution in [0.3, 0.4) is 0 Å². The molecular weight excluding hydrogens is 363 g/mol. The molecule has 9 heteroatoms. The van der Waals surface area contributed by atoms with Crippen LogP contribution in [-0.4, -0.2) is 56.2 Å². The van der Waals surface area contributed by atoms with Crippen molar-refractivity contribution in [3.05, 3.63) is 35.4 Å². The number of alkyl carbamates (subject to hydrolysis) is 1. The molecule has 1 aromatic rings. The lowest BCUT2D eigenvalue weighted by molar-refractivity contribution is -0.137. The first kappa shape index (κ1) is 21.0. The van der Waals surface area contributed by atoms with E-state index in [1.54, 1.807) is 6.07 Å². The van der Waals surface area contributed by atoms with Gasteiger partial charge in [0.05, 0.1) is 5.56 Å². The maximum Gasteiger partial charge on any atom is 0.416 e. The number of carbonyl (C=O) groups excluding carboxylic acids is 2. The van der Waals surface area contributed by atoms with Gasteiger partial charge in [0.25, 0.3) is 5.91 Å². The fourth-order valence-corrected chi connectivity index (χ4v) is 2.90. The quantitative estimate of drug-likeness (QED) is 0.785. The summed E-state index contributed by atoms with van der Waals surface area (Å²) < 4.78 is 43.1. The lowest BCUT2D eigenvalue weighted by atomic mass is 10.0. The van der Waals surface area contributed by atoms with Crippen molar-refractivity contribution in [2.75, 3.05) is 33.3 Å². The number of halogens is 3. The van der Waals surface area contributed by atoms with E-state index in [0.717, 1.165) is 32.0 Å². The predicted octanol–water partition coefficient (Wildman–Crippen LogP) is 2.18. The van der Waals surface area contributed by atoms with E-state index in [0.29, 0.717) is 18.5 Å². The number of carbonyl (C=O) groups is 2. The highest BCUT2D eigenvalue weighted by molar-refractivity contribution is 5.79. The van der Waals surface area contributed by atoms with E-state index in [1.165, 1.54) is 19.2 Å².